The molecule has 0 aliphatic carbocycles. The van der Waals surface area contributed by atoms with Crippen LogP contribution in [-0.2, 0) is 11.3 Å². The van der Waals surface area contributed by atoms with Crippen molar-refractivity contribution in [3.63, 3.8) is 0 Å². The normalized spacial score (nSPS) is 20.1. The molecule has 16 heavy (non-hydrogen) atoms. The molecule has 1 aliphatic heterocycles. The molecule has 1 fully saturated rings. The molecule has 1 saturated heterocycles. The first-order valence-electron chi connectivity index (χ1n) is 5.22. The van der Waals surface area contributed by atoms with Crippen LogP contribution in [0.15, 0.2) is 12.1 Å². The van der Waals surface area contributed by atoms with E-state index >= 15 is 0 Å². The van der Waals surface area contributed by atoms with Crippen molar-refractivity contribution in [2.45, 2.75) is 13.0 Å². The summed E-state index contributed by atoms with van der Waals surface area (Å²) in [6, 6.07) is 5.80. The molecule has 0 radical (unpaired) electrons. The van der Waals surface area contributed by atoms with Crippen LogP contribution in [0.4, 0.5) is 0 Å². The number of hydrogen-bond donors (Lipinski definition) is 1. The third-order valence-corrected chi connectivity index (χ3v) is 3.79. The van der Waals surface area contributed by atoms with Crippen molar-refractivity contribution in [3.8, 4) is 6.07 Å². The minimum absolute atomic E-state index is 0.00426. The second-order valence-electron chi connectivity index (χ2n) is 3.86. The van der Waals surface area contributed by atoms with Gasteiger partial charge in [0.15, 0.2) is 0 Å². The van der Waals surface area contributed by atoms with Gasteiger partial charge in [0.2, 0.25) is 5.91 Å². The molecular weight excluding hydrogens is 222 g/mol. The fourth-order valence-corrected chi connectivity index (χ4v) is 2.71. The van der Waals surface area contributed by atoms with Gasteiger partial charge >= 0.3 is 0 Å². The van der Waals surface area contributed by atoms with Crippen molar-refractivity contribution >= 4 is 17.2 Å². The van der Waals surface area contributed by atoms with E-state index in [9.17, 15) is 4.79 Å². The summed E-state index contributed by atoms with van der Waals surface area (Å²) in [6.07, 6.45) is 0.853. The van der Waals surface area contributed by atoms with Gasteiger partial charge in [0.25, 0.3) is 0 Å². The van der Waals surface area contributed by atoms with E-state index < -0.39 is 0 Å². The molecule has 1 amide bonds. The smallest absolute Gasteiger partial charge is 0.227 e. The number of likely N-dealkylation sites (tertiary alicyclic amines) is 1. The number of nitriles is 1. The van der Waals surface area contributed by atoms with E-state index in [4.69, 9.17) is 11.0 Å². The van der Waals surface area contributed by atoms with Crippen LogP contribution in [0.2, 0.25) is 0 Å². The molecular formula is C11H13N3OS. The second-order valence-corrected chi connectivity index (χ2v) is 5.03. The average molecular weight is 235 g/mol. The summed E-state index contributed by atoms with van der Waals surface area (Å²) in [5.41, 5.74) is 5.52. The maximum Gasteiger partial charge on any atom is 0.227 e. The van der Waals surface area contributed by atoms with Crippen molar-refractivity contribution in [1.82, 2.24) is 4.90 Å². The molecule has 0 saturated carbocycles. The molecule has 1 atom stereocenters. The maximum absolute atomic E-state index is 11.8. The van der Waals surface area contributed by atoms with Gasteiger partial charge in [0.1, 0.15) is 10.9 Å². The number of hydrogen-bond acceptors (Lipinski definition) is 4. The lowest BCUT2D eigenvalue weighted by Gasteiger charge is -2.14. The largest absolute Gasteiger partial charge is 0.337 e. The summed E-state index contributed by atoms with van der Waals surface area (Å²) in [6.45, 7) is 1.82. The van der Waals surface area contributed by atoms with Crippen LogP contribution in [0.25, 0.3) is 0 Å². The average Bonchev–Trinajstić information content (AvgIpc) is 2.88. The summed E-state index contributed by atoms with van der Waals surface area (Å²) < 4.78 is 0. The van der Waals surface area contributed by atoms with Crippen LogP contribution in [-0.4, -0.2) is 23.9 Å². The first-order valence-corrected chi connectivity index (χ1v) is 6.04. The molecule has 4 nitrogen and oxygen atoms in total. The molecule has 5 heteroatoms. The van der Waals surface area contributed by atoms with E-state index in [2.05, 4.69) is 6.07 Å². The maximum atomic E-state index is 11.8. The summed E-state index contributed by atoms with van der Waals surface area (Å²) in [7, 11) is 0. The Morgan fingerprint density at radius 3 is 3.00 bits per heavy atom. The van der Waals surface area contributed by atoms with Crippen LogP contribution < -0.4 is 5.73 Å². The van der Waals surface area contributed by atoms with Gasteiger partial charge in [-0.3, -0.25) is 4.79 Å². The Morgan fingerprint density at radius 2 is 2.44 bits per heavy atom. The van der Waals surface area contributed by atoms with Gasteiger partial charge in [-0.25, -0.2) is 0 Å². The fraction of sp³-hybridized carbons (Fsp3) is 0.455. The highest BCUT2D eigenvalue weighted by Gasteiger charge is 2.30. The molecule has 84 valence electrons. The first-order chi connectivity index (χ1) is 7.74. The molecule has 0 aromatic carbocycles. The van der Waals surface area contributed by atoms with Gasteiger partial charge in [-0.2, -0.15) is 5.26 Å². The number of nitrogens with two attached hydrogens (primary N) is 1. The summed E-state index contributed by atoms with van der Waals surface area (Å²) in [5, 5.41) is 8.71. The number of nitrogens with zero attached hydrogens (tertiary/aromatic N) is 2. The minimum atomic E-state index is -0.00426. The molecule has 0 spiro atoms. The Balaban J connectivity index is 2.01. The molecule has 1 aliphatic rings. The van der Waals surface area contributed by atoms with Crippen molar-refractivity contribution in [3.05, 3.63) is 21.9 Å². The minimum Gasteiger partial charge on any atom is -0.337 e. The van der Waals surface area contributed by atoms with Crippen molar-refractivity contribution in [1.29, 1.82) is 5.26 Å². The highest BCUT2D eigenvalue weighted by atomic mass is 32.1. The number of carbonyl (C=O) groups is 1. The molecule has 1 aromatic heterocycles. The standard InChI is InChI=1S/C11H13N3OS/c12-5-8-3-4-14(11(8)15)7-10-2-1-9(6-13)16-10/h1-2,8H,3-5,7,12H2/t8-/m0/s1. The number of thiophene rings is 1. The van der Waals surface area contributed by atoms with E-state index in [0.717, 1.165) is 17.8 Å². The van der Waals surface area contributed by atoms with Crippen molar-refractivity contribution < 1.29 is 4.79 Å². The Labute approximate surface area is 98.3 Å². The molecule has 2 rings (SSSR count). The van der Waals surface area contributed by atoms with Gasteiger partial charge in [-0.15, -0.1) is 11.3 Å². The van der Waals surface area contributed by atoms with Crippen molar-refractivity contribution in [2.75, 3.05) is 13.1 Å². The number of amides is 1. The highest BCUT2D eigenvalue weighted by Crippen LogP contribution is 2.23. The summed E-state index contributed by atoms with van der Waals surface area (Å²) in [4.78, 5) is 15.4. The van der Waals surface area contributed by atoms with Gasteiger partial charge in [0, 0.05) is 18.0 Å². The molecule has 2 heterocycles. The van der Waals surface area contributed by atoms with Crippen LogP contribution >= 0.6 is 11.3 Å². The quantitative estimate of drug-likeness (QED) is 0.847. The lowest BCUT2D eigenvalue weighted by atomic mass is 10.1. The van der Waals surface area contributed by atoms with Crippen LogP contribution in [0.5, 0.6) is 0 Å². The van der Waals surface area contributed by atoms with E-state index in [1.54, 1.807) is 6.07 Å². The molecule has 0 unspecified atom stereocenters. The highest BCUT2D eigenvalue weighted by molar-refractivity contribution is 7.12. The Bertz CT molecular complexity index is 435. The third kappa shape index (κ3) is 2.08. The zero-order valence-corrected chi connectivity index (χ0v) is 9.67. The lowest BCUT2D eigenvalue weighted by molar-refractivity contribution is -0.131. The Hall–Kier alpha value is -1.38. The van der Waals surface area contributed by atoms with E-state index in [0.29, 0.717) is 18.0 Å². The predicted octanol–water partition coefficient (Wildman–Crippen LogP) is 0.927. The monoisotopic (exact) mass is 235 g/mol. The molecule has 2 N–H and O–H groups in total. The van der Waals surface area contributed by atoms with Crippen molar-refractivity contribution in [2.24, 2.45) is 11.7 Å². The van der Waals surface area contributed by atoms with E-state index in [-0.39, 0.29) is 11.8 Å². The van der Waals surface area contributed by atoms with Crippen LogP contribution in [0.1, 0.15) is 16.2 Å². The summed E-state index contributed by atoms with van der Waals surface area (Å²) >= 11 is 1.44. The van der Waals surface area contributed by atoms with E-state index in [1.807, 2.05) is 11.0 Å². The van der Waals surface area contributed by atoms with Gasteiger partial charge in [-0.1, -0.05) is 0 Å². The zero-order valence-electron chi connectivity index (χ0n) is 8.85. The first kappa shape index (κ1) is 11.1. The predicted molar refractivity (Wildman–Crippen MR) is 61.6 cm³/mol. The molecule has 1 aromatic rings. The Morgan fingerprint density at radius 1 is 1.62 bits per heavy atom. The fourth-order valence-electron chi connectivity index (χ4n) is 1.89. The number of rotatable bonds is 3. The van der Waals surface area contributed by atoms with Crippen LogP contribution in [0, 0.1) is 17.2 Å². The van der Waals surface area contributed by atoms with Gasteiger partial charge < -0.3 is 10.6 Å². The zero-order chi connectivity index (χ0) is 11.5. The molecule has 0 bridgehead atoms. The Kier molecular flexibility index (Phi) is 3.22. The van der Waals surface area contributed by atoms with Gasteiger partial charge in [0.05, 0.1) is 12.5 Å². The third-order valence-electron chi connectivity index (χ3n) is 2.81. The van der Waals surface area contributed by atoms with Gasteiger partial charge in [-0.05, 0) is 18.6 Å². The van der Waals surface area contributed by atoms with E-state index in [1.165, 1.54) is 11.3 Å². The topological polar surface area (TPSA) is 70.1 Å². The second kappa shape index (κ2) is 4.64. The summed E-state index contributed by atoms with van der Waals surface area (Å²) in [5.74, 6) is 0.143. The number of carbonyl (C=O) groups excluding carboxylic acids is 1. The van der Waals surface area contributed by atoms with Crippen LogP contribution in [0.3, 0.4) is 0 Å². The lowest BCUT2D eigenvalue weighted by Crippen LogP contribution is -2.29. The SMILES string of the molecule is N#Cc1ccc(CN2CC[C@@H](CN)C2=O)s1.